The Kier molecular flexibility index (Phi) is 26.2. The molecular formula is C56H76LiN3O16. The van der Waals surface area contributed by atoms with Gasteiger partial charge < -0.3 is 53.8 Å². The molecule has 0 aliphatic carbocycles. The summed E-state index contributed by atoms with van der Waals surface area (Å²) in [5, 5.41) is 12.7. The average Bonchev–Trinajstić information content (AvgIpc) is 4.13. The van der Waals surface area contributed by atoms with E-state index in [-0.39, 0.29) is 77.7 Å². The molecule has 3 N–H and O–H groups in total. The Balaban J connectivity index is 0.000000226. The summed E-state index contributed by atoms with van der Waals surface area (Å²) >= 11 is 0. The van der Waals surface area contributed by atoms with Gasteiger partial charge in [-0.05, 0) is 105 Å². The van der Waals surface area contributed by atoms with Crippen molar-refractivity contribution in [3.05, 3.63) is 108 Å². The van der Waals surface area contributed by atoms with Crippen molar-refractivity contribution in [3.8, 4) is 0 Å². The molecule has 6 fully saturated rings. The third-order valence-corrected chi connectivity index (χ3v) is 14.6. The number of hydrogen-bond donors (Lipinski definition) is 2. The first kappa shape index (κ1) is 63.0. The standard InChI is InChI=1S/C19H25NO5.C17H21NO5.C11H19NO3.C9H10O2.Li.H2O/c1-2-24-17(21)16-12-19(8-10-23-11-9-19)14-20(16)18(22)25-13-15-6-4-3-5-7-15;19-15(20)14-10-17(6-8-22-9-7-17)12-18(14)16(21)23-11-13-4-2-1-3-5-13;1-2-15-10(13)9-7-11(8-12-9)3-5-14-6-4-11;1-8(10)11-7-9-5-3-2-4-6-9;;/h3-7,16H,2,8-14H2,1H3;1-5,14H,6-12H2,(H,19,20);9,12H,2-8H2,1H3;2-6H,7H2,1H3;;1H2/q;;;;+1;/p-1/t16-;14-;;;;/m00..../s1. The minimum absolute atomic E-state index is 0. The zero-order chi connectivity index (χ0) is 52.8. The van der Waals surface area contributed by atoms with E-state index >= 15 is 0 Å². The first-order valence-electron chi connectivity index (χ1n) is 25.9. The molecule has 6 aliphatic heterocycles. The number of esters is 3. The monoisotopic (exact) mass is 1050 g/mol. The summed E-state index contributed by atoms with van der Waals surface area (Å²) in [7, 11) is 0. The number of aliphatic carboxylic acids is 1. The predicted octanol–water partition coefficient (Wildman–Crippen LogP) is 4.32. The number of carboxylic acid groups (broad SMARTS) is 1. The van der Waals surface area contributed by atoms with Crippen molar-refractivity contribution in [2.24, 2.45) is 16.2 Å². The molecule has 412 valence electrons. The molecule has 20 heteroatoms. The van der Waals surface area contributed by atoms with Gasteiger partial charge in [-0.3, -0.25) is 19.4 Å². The van der Waals surface area contributed by atoms with Gasteiger partial charge in [0.15, 0.2) is 0 Å². The van der Waals surface area contributed by atoms with Gasteiger partial charge in [0.2, 0.25) is 0 Å². The number of carbonyl (C=O) groups is 6. The summed E-state index contributed by atoms with van der Waals surface area (Å²) in [6.45, 7) is 12.6. The van der Waals surface area contributed by atoms with E-state index in [2.05, 4.69) is 5.32 Å². The second-order valence-electron chi connectivity index (χ2n) is 19.9. The van der Waals surface area contributed by atoms with Gasteiger partial charge in [0, 0.05) is 66.2 Å². The van der Waals surface area contributed by atoms with Crippen LogP contribution in [0.2, 0.25) is 0 Å². The molecule has 3 aromatic rings. The summed E-state index contributed by atoms with van der Waals surface area (Å²) in [5.41, 5.74) is 2.89. The molecule has 2 amide bonds. The van der Waals surface area contributed by atoms with Gasteiger partial charge in [-0.25, -0.2) is 19.2 Å². The second-order valence-corrected chi connectivity index (χ2v) is 19.9. The van der Waals surface area contributed by atoms with Crippen molar-refractivity contribution in [2.45, 2.75) is 117 Å². The molecule has 76 heavy (non-hydrogen) atoms. The van der Waals surface area contributed by atoms with Crippen LogP contribution in [-0.2, 0) is 76.9 Å². The van der Waals surface area contributed by atoms with Crippen molar-refractivity contribution >= 4 is 36.1 Å². The number of amides is 2. The number of carboxylic acids is 1. The third kappa shape index (κ3) is 18.9. The number of ether oxygens (including phenoxy) is 8. The van der Waals surface area contributed by atoms with E-state index in [1.165, 1.54) is 11.8 Å². The summed E-state index contributed by atoms with van der Waals surface area (Å²) in [5.74, 6) is -1.65. The molecule has 0 aromatic heterocycles. The van der Waals surface area contributed by atoms with E-state index in [0.717, 1.165) is 81.4 Å². The molecule has 3 atom stereocenters. The number of nitrogens with zero attached hydrogens (tertiary/aromatic N) is 2. The normalized spacial score (nSPS) is 21.3. The smallest absolute Gasteiger partial charge is 0.870 e. The predicted molar refractivity (Wildman–Crippen MR) is 272 cm³/mol. The molecule has 6 heterocycles. The van der Waals surface area contributed by atoms with Crippen LogP contribution in [-0.4, -0.2) is 147 Å². The summed E-state index contributed by atoms with van der Waals surface area (Å²) in [4.78, 5) is 73.8. The van der Waals surface area contributed by atoms with Crippen LogP contribution in [0.1, 0.15) is 95.2 Å². The first-order valence-corrected chi connectivity index (χ1v) is 25.9. The molecule has 6 aliphatic rings. The molecule has 0 saturated carbocycles. The van der Waals surface area contributed by atoms with Crippen molar-refractivity contribution in [1.82, 2.24) is 15.1 Å². The molecule has 3 aromatic carbocycles. The molecule has 19 nitrogen and oxygen atoms in total. The van der Waals surface area contributed by atoms with E-state index in [4.69, 9.17) is 37.9 Å². The largest absolute Gasteiger partial charge is 1.00 e. The fourth-order valence-corrected chi connectivity index (χ4v) is 10.4. The van der Waals surface area contributed by atoms with E-state index < -0.39 is 30.2 Å². The van der Waals surface area contributed by atoms with Gasteiger partial charge in [-0.1, -0.05) is 91.0 Å². The number of nitrogens with one attached hydrogen (secondary N) is 1. The maximum absolute atomic E-state index is 12.6. The van der Waals surface area contributed by atoms with Crippen LogP contribution < -0.4 is 24.2 Å². The Hall–Kier alpha value is -5.52. The van der Waals surface area contributed by atoms with Gasteiger partial charge in [0.1, 0.15) is 37.9 Å². The zero-order valence-corrected chi connectivity index (χ0v) is 44.7. The maximum Gasteiger partial charge on any atom is 1.00 e. The maximum atomic E-state index is 12.6. The van der Waals surface area contributed by atoms with Crippen molar-refractivity contribution in [2.75, 3.05) is 72.5 Å². The SMILES string of the molecule is CC(=O)OCc1ccccc1.CCOC(=O)C1CC2(CCOCC2)CN1.CCOC(=O)[C@@H]1CC2(CCOCC2)CN1C(=O)OCc1ccccc1.O=C(O)[C@@H]1CC2(CCOCC2)CN1C(=O)OCc1ccccc1.[Li+].[OH-]. The molecule has 1 unspecified atom stereocenters. The van der Waals surface area contributed by atoms with Crippen LogP contribution in [0.3, 0.4) is 0 Å². The van der Waals surface area contributed by atoms with E-state index in [0.29, 0.717) is 72.2 Å². The quantitative estimate of drug-likeness (QED) is 0.154. The zero-order valence-electron chi connectivity index (χ0n) is 44.7. The Morgan fingerprint density at radius 3 is 1.30 bits per heavy atom. The Morgan fingerprint density at radius 2 is 0.908 bits per heavy atom. The fourth-order valence-electron chi connectivity index (χ4n) is 10.4. The van der Waals surface area contributed by atoms with Crippen molar-refractivity contribution < 1.29 is 96.1 Å². The minimum Gasteiger partial charge on any atom is -0.870 e. The summed E-state index contributed by atoms with van der Waals surface area (Å²) in [6.07, 6.45) is 6.42. The van der Waals surface area contributed by atoms with Gasteiger partial charge in [-0.2, -0.15) is 0 Å². The topological polar surface area (TPSA) is 245 Å². The van der Waals surface area contributed by atoms with E-state index in [1.807, 2.05) is 97.9 Å². The first-order chi connectivity index (χ1) is 35.8. The Bertz CT molecular complexity index is 2240. The van der Waals surface area contributed by atoms with Crippen LogP contribution >= 0.6 is 0 Å². The Labute approximate surface area is 458 Å². The molecule has 0 radical (unpaired) electrons. The van der Waals surface area contributed by atoms with Crippen molar-refractivity contribution in [3.63, 3.8) is 0 Å². The molecular weight excluding hydrogens is 978 g/mol. The van der Waals surface area contributed by atoms with E-state index in [9.17, 15) is 33.9 Å². The number of likely N-dealkylation sites (tertiary alicyclic amines) is 2. The fraction of sp³-hybridized carbons (Fsp3) is 0.571. The number of rotatable bonds is 11. The van der Waals surface area contributed by atoms with Crippen LogP contribution in [0, 0.1) is 16.2 Å². The van der Waals surface area contributed by atoms with Gasteiger partial charge in [0.25, 0.3) is 0 Å². The number of carbonyl (C=O) groups excluding carboxylic acids is 5. The van der Waals surface area contributed by atoms with Crippen LogP contribution in [0.15, 0.2) is 91.0 Å². The molecule has 0 bridgehead atoms. The second kappa shape index (κ2) is 31.6. The number of hydrogen-bond acceptors (Lipinski definition) is 16. The summed E-state index contributed by atoms with van der Waals surface area (Å²) < 4.78 is 41.9. The number of benzene rings is 3. The van der Waals surface area contributed by atoms with Crippen molar-refractivity contribution in [1.29, 1.82) is 0 Å². The third-order valence-electron chi connectivity index (χ3n) is 14.6. The van der Waals surface area contributed by atoms with Crippen LogP contribution in [0.5, 0.6) is 0 Å². The molecule has 6 saturated heterocycles. The molecule has 9 rings (SSSR count). The van der Waals surface area contributed by atoms with Gasteiger partial charge in [-0.15, -0.1) is 0 Å². The minimum atomic E-state index is -0.968. The Morgan fingerprint density at radius 1 is 0.539 bits per heavy atom. The average molecular weight is 1050 g/mol. The van der Waals surface area contributed by atoms with Crippen LogP contribution in [0.25, 0.3) is 0 Å². The van der Waals surface area contributed by atoms with Gasteiger partial charge in [0.05, 0.1) is 13.2 Å². The van der Waals surface area contributed by atoms with Gasteiger partial charge >= 0.3 is 54.9 Å². The van der Waals surface area contributed by atoms with E-state index in [1.54, 1.807) is 11.8 Å². The molecule has 3 spiro atoms. The van der Waals surface area contributed by atoms with Crippen LogP contribution in [0.4, 0.5) is 9.59 Å². The summed E-state index contributed by atoms with van der Waals surface area (Å²) in [6, 6.07) is 27.0.